The van der Waals surface area contributed by atoms with Gasteiger partial charge in [-0.15, -0.1) is 0 Å². The maximum atomic E-state index is 11.9. The number of rotatable bonds is 6. The molecule has 8 heteroatoms. The SMILES string of the molecule is Cc1ccc([N+](=O)[O-])cc1NC(=O)C(=O)NCC(O)Cc1ccccc1. The minimum Gasteiger partial charge on any atom is -0.391 e. The van der Waals surface area contributed by atoms with Crippen molar-refractivity contribution in [3.05, 3.63) is 69.8 Å². The highest BCUT2D eigenvalue weighted by molar-refractivity contribution is 6.39. The summed E-state index contributed by atoms with van der Waals surface area (Å²) in [7, 11) is 0. The number of nitrogens with one attached hydrogen (secondary N) is 2. The highest BCUT2D eigenvalue weighted by atomic mass is 16.6. The fraction of sp³-hybridized carbons (Fsp3) is 0.222. The van der Waals surface area contributed by atoms with Crippen LogP contribution in [0.3, 0.4) is 0 Å². The van der Waals surface area contributed by atoms with Crippen LogP contribution in [0.4, 0.5) is 11.4 Å². The maximum Gasteiger partial charge on any atom is 0.313 e. The lowest BCUT2D eigenvalue weighted by Crippen LogP contribution is -2.40. The molecule has 0 aliphatic carbocycles. The number of hydrogen-bond donors (Lipinski definition) is 3. The number of carbonyl (C=O) groups excluding carboxylic acids is 2. The largest absolute Gasteiger partial charge is 0.391 e. The fourth-order valence-electron chi connectivity index (χ4n) is 2.29. The van der Waals surface area contributed by atoms with Gasteiger partial charge in [0.2, 0.25) is 0 Å². The molecular weight excluding hydrogens is 338 g/mol. The first-order valence-corrected chi connectivity index (χ1v) is 7.93. The average Bonchev–Trinajstić information content (AvgIpc) is 2.62. The Morgan fingerprint density at radius 3 is 2.50 bits per heavy atom. The van der Waals surface area contributed by atoms with Gasteiger partial charge in [-0.3, -0.25) is 19.7 Å². The molecule has 2 aromatic carbocycles. The number of aliphatic hydroxyl groups excluding tert-OH is 1. The Bertz CT molecular complexity index is 808. The van der Waals surface area contributed by atoms with Crippen molar-refractivity contribution in [3.8, 4) is 0 Å². The minimum atomic E-state index is -0.958. The second-order valence-corrected chi connectivity index (χ2v) is 5.76. The molecule has 1 atom stereocenters. The van der Waals surface area contributed by atoms with Gasteiger partial charge in [0.25, 0.3) is 5.69 Å². The zero-order valence-electron chi connectivity index (χ0n) is 14.1. The van der Waals surface area contributed by atoms with E-state index in [-0.39, 0.29) is 17.9 Å². The number of nitrogens with zero attached hydrogens (tertiary/aromatic N) is 1. The van der Waals surface area contributed by atoms with Crippen molar-refractivity contribution in [3.63, 3.8) is 0 Å². The van der Waals surface area contributed by atoms with E-state index in [9.17, 15) is 24.8 Å². The summed E-state index contributed by atoms with van der Waals surface area (Å²) < 4.78 is 0. The number of hydrogen-bond acceptors (Lipinski definition) is 5. The van der Waals surface area contributed by atoms with Gasteiger partial charge in [0, 0.05) is 25.1 Å². The molecule has 0 aliphatic rings. The Morgan fingerprint density at radius 1 is 1.15 bits per heavy atom. The van der Waals surface area contributed by atoms with E-state index < -0.39 is 22.8 Å². The van der Waals surface area contributed by atoms with Crippen LogP contribution in [0, 0.1) is 17.0 Å². The number of aliphatic hydroxyl groups is 1. The number of aryl methyl sites for hydroxylation is 1. The number of non-ortho nitro benzene ring substituents is 1. The van der Waals surface area contributed by atoms with Crippen molar-refractivity contribution in [2.24, 2.45) is 0 Å². The van der Waals surface area contributed by atoms with E-state index in [0.717, 1.165) is 5.56 Å². The molecule has 136 valence electrons. The first-order valence-electron chi connectivity index (χ1n) is 7.93. The lowest BCUT2D eigenvalue weighted by Gasteiger charge is -2.12. The van der Waals surface area contributed by atoms with E-state index in [0.29, 0.717) is 12.0 Å². The Labute approximate surface area is 150 Å². The molecule has 0 spiro atoms. The average molecular weight is 357 g/mol. The summed E-state index contributed by atoms with van der Waals surface area (Å²) in [5.74, 6) is -1.89. The lowest BCUT2D eigenvalue weighted by molar-refractivity contribution is -0.384. The standard InChI is InChI=1S/C18H19N3O5/c1-12-7-8-14(21(25)26)10-16(12)20-18(24)17(23)19-11-15(22)9-13-5-3-2-4-6-13/h2-8,10,15,22H,9,11H2,1H3,(H,19,23)(H,20,24). The second kappa shape index (κ2) is 8.72. The van der Waals surface area contributed by atoms with E-state index >= 15 is 0 Å². The van der Waals surface area contributed by atoms with Crippen LogP contribution in [-0.4, -0.2) is 34.5 Å². The quantitative estimate of drug-likeness (QED) is 0.411. The van der Waals surface area contributed by atoms with E-state index in [2.05, 4.69) is 10.6 Å². The summed E-state index contributed by atoms with van der Waals surface area (Å²) >= 11 is 0. The Balaban J connectivity index is 1.89. The molecule has 8 nitrogen and oxygen atoms in total. The summed E-state index contributed by atoms with van der Waals surface area (Å²) in [5, 5.41) is 25.4. The van der Waals surface area contributed by atoms with Crippen molar-refractivity contribution < 1.29 is 19.6 Å². The normalized spacial score (nSPS) is 11.5. The number of anilines is 1. The molecule has 3 N–H and O–H groups in total. The van der Waals surface area contributed by atoms with Gasteiger partial charge in [0.05, 0.1) is 16.7 Å². The second-order valence-electron chi connectivity index (χ2n) is 5.76. The van der Waals surface area contributed by atoms with Gasteiger partial charge in [-0.25, -0.2) is 0 Å². The molecule has 0 aromatic heterocycles. The van der Waals surface area contributed by atoms with Crippen LogP contribution in [0.1, 0.15) is 11.1 Å². The Morgan fingerprint density at radius 2 is 1.85 bits per heavy atom. The van der Waals surface area contributed by atoms with Crippen molar-refractivity contribution in [1.82, 2.24) is 5.32 Å². The molecule has 1 unspecified atom stereocenters. The molecule has 0 heterocycles. The van der Waals surface area contributed by atoms with Crippen molar-refractivity contribution >= 4 is 23.2 Å². The predicted octanol–water partition coefficient (Wildman–Crippen LogP) is 1.56. The summed E-state index contributed by atoms with van der Waals surface area (Å²) in [5.41, 5.74) is 1.49. The van der Waals surface area contributed by atoms with Crippen LogP contribution in [0.15, 0.2) is 48.5 Å². The monoisotopic (exact) mass is 357 g/mol. The van der Waals surface area contributed by atoms with Crippen LogP contribution >= 0.6 is 0 Å². The van der Waals surface area contributed by atoms with Crippen LogP contribution in [0.2, 0.25) is 0 Å². The summed E-state index contributed by atoms with van der Waals surface area (Å²) in [6.45, 7) is 1.57. The van der Waals surface area contributed by atoms with E-state index in [1.165, 1.54) is 18.2 Å². The van der Waals surface area contributed by atoms with Crippen molar-refractivity contribution in [2.75, 3.05) is 11.9 Å². The molecule has 26 heavy (non-hydrogen) atoms. The topological polar surface area (TPSA) is 122 Å². The number of nitro benzene ring substituents is 1. The molecule has 0 radical (unpaired) electrons. The molecule has 2 aromatic rings. The highest BCUT2D eigenvalue weighted by Crippen LogP contribution is 2.21. The number of carbonyl (C=O) groups is 2. The fourth-order valence-corrected chi connectivity index (χ4v) is 2.29. The number of benzene rings is 2. The van der Waals surface area contributed by atoms with Crippen molar-refractivity contribution in [1.29, 1.82) is 0 Å². The Kier molecular flexibility index (Phi) is 6.40. The molecule has 0 saturated heterocycles. The first kappa shape index (κ1) is 19.1. The van der Waals surface area contributed by atoms with Crippen LogP contribution in [-0.2, 0) is 16.0 Å². The third-order valence-electron chi connectivity index (χ3n) is 3.70. The zero-order valence-corrected chi connectivity index (χ0v) is 14.1. The van der Waals surface area contributed by atoms with Gasteiger partial charge in [-0.1, -0.05) is 36.4 Å². The van der Waals surface area contributed by atoms with Gasteiger partial charge in [-0.2, -0.15) is 0 Å². The van der Waals surface area contributed by atoms with Crippen molar-refractivity contribution in [2.45, 2.75) is 19.4 Å². The van der Waals surface area contributed by atoms with Gasteiger partial charge in [0.1, 0.15) is 0 Å². The molecule has 0 bridgehead atoms. The molecule has 0 saturated carbocycles. The molecular formula is C18H19N3O5. The van der Waals surface area contributed by atoms with Gasteiger partial charge in [-0.05, 0) is 18.1 Å². The number of nitro groups is 1. The van der Waals surface area contributed by atoms with E-state index in [4.69, 9.17) is 0 Å². The predicted molar refractivity (Wildman–Crippen MR) is 95.6 cm³/mol. The van der Waals surface area contributed by atoms with Gasteiger partial charge in [0.15, 0.2) is 0 Å². The first-order chi connectivity index (χ1) is 12.4. The highest BCUT2D eigenvalue weighted by Gasteiger charge is 2.17. The lowest BCUT2D eigenvalue weighted by atomic mass is 10.1. The van der Waals surface area contributed by atoms with Crippen LogP contribution in [0.5, 0.6) is 0 Å². The van der Waals surface area contributed by atoms with Gasteiger partial charge >= 0.3 is 11.8 Å². The summed E-state index contributed by atoms with van der Waals surface area (Å²) in [4.78, 5) is 34.0. The van der Waals surface area contributed by atoms with Crippen LogP contribution < -0.4 is 10.6 Å². The molecule has 0 aliphatic heterocycles. The van der Waals surface area contributed by atoms with Gasteiger partial charge < -0.3 is 15.7 Å². The summed E-state index contributed by atoms with van der Waals surface area (Å²) in [6, 6.07) is 13.2. The summed E-state index contributed by atoms with van der Waals surface area (Å²) in [6.07, 6.45) is -0.499. The third-order valence-corrected chi connectivity index (χ3v) is 3.70. The number of amides is 2. The maximum absolute atomic E-state index is 11.9. The zero-order chi connectivity index (χ0) is 19.1. The minimum absolute atomic E-state index is 0.0882. The molecule has 0 fully saturated rings. The smallest absolute Gasteiger partial charge is 0.313 e. The molecule has 2 rings (SSSR count). The van der Waals surface area contributed by atoms with E-state index in [1.54, 1.807) is 6.92 Å². The van der Waals surface area contributed by atoms with E-state index in [1.807, 2.05) is 30.3 Å². The Hall–Kier alpha value is -3.26. The molecule has 2 amide bonds. The third kappa shape index (κ3) is 5.38. The van der Waals surface area contributed by atoms with Crippen LogP contribution in [0.25, 0.3) is 0 Å².